The number of hydrogen-bond donors (Lipinski definition) is 0. The first-order valence-corrected chi connectivity index (χ1v) is 13.6. The number of nitrogens with zero attached hydrogens (tertiary/aromatic N) is 5. The zero-order chi connectivity index (χ0) is 30.5. The first-order valence-electron chi connectivity index (χ1n) is 13.6. The Hall–Kier alpha value is -5.37. The van der Waals surface area contributed by atoms with Crippen molar-refractivity contribution < 1.29 is 37.3 Å². The molecule has 224 valence electrons. The lowest BCUT2D eigenvalue weighted by atomic mass is 9.92. The number of methoxy groups -OCH3 is 1. The van der Waals surface area contributed by atoms with Crippen LogP contribution in [0.15, 0.2) is 65.8 Å². The predicted molar refractivity (Wildman–Crippen MR) is 148 cm³/mol. The van der Waals surface area contributed by atoms with Crippen LogP contribution in [-0.4, -0.2) is 71.4 Å². The molecule has 12 nitrogen and oxygen atoms in total. The van der Waals surface area contributed by atoms with E-state index in [4.69, 9.17) is 14.2 Å². The molecule has 4 heterocycles. The molecular formula is C30H23F2N5O7. The van der Waals surface area contributed by atoms with Crippen LogP contribution >= 0.6 is 0 Å². The van der Waals surface area contributed by atoms with Crippen LogP contribution in [0.4, 0.5) is 13.6 Å². The summed E-state index contributed by atoms with van der Waals surface area (Å²) in [5.41, 5.74) is 1.25. The summed E-state index contributed by atoms with van der Waals surface area (Å²) in [7, 11) is 1.11. The third kappa shape index (κ3) is 4.17. The van der Waals surface area contributed by atoms with Crippen LogP contribution < -0.4 is 15.2 Å². The van der Waals surface area contributed by atoms with Crippen molar-refractivity contribution in [2.24, 2.45) is 0 Å². The highest BCUT2D eigenvalue weighted by Gasteiger charge is 2.47. The van der Waals surface area contributed by atoms with Gasteiger partial charge in [-0.2, -0.15) is 0 Å². The van der Waals surface area contributed by atoms with E-state index < -0.39 is 48.1 Å². The molecule has 14 heteroatoms. The van der Waals surface area contributed by atoms with Gasteiger partial charge in [-0.3, -0.25) is 29.2 Å². The van der Waals surface area contributed by atoms with Crippen molar-refractivity contribution in [1.29, 1.82) is 0 Å². The Morgan fingerprint density at radius 2 is 1.84 bits per heavy atom. The molecule has 3 aliphatic rings. The highest BCUT2D eigenvalue weighted by molar-refractivity contribution is 5.97. The third-order valence-corrected chi connectivity index (χ3v) is 7.83. The van der Waals surface area contributed by atoms with Crippen LogP contribution in [-0.2, 0) is 14.2 Å². The maximum atomic E-state index is 15.9. The second-order valence-corrected chi connectivity index (χ2v) is 10.1. The molecule has 44 heavy (non-hydrogen) atoms. The minimum atomic E-state index is -1.10. The Bertz CT molecular complexity index is 1880. The topological polar surface area (TPSA) is 125 Å². The van der Waals surface area contributed by atoms with Crippen molar-refractivity contribution in [2.75, 3.05) is 38.7 Å². The van der Waals surface area contributed by atoms with E-state index in [1.54, 1.807) is 11.1 Å². The lowest BCUT2D eigenvalue weighted by Gasteiger charge is -2.51. The average molecular weight is 604 g/mol. The molecule has 4 aromatic rings. The molecule has 2 aliphatic heterocycles. The van der Waals surface area contributed by atoms with E-state index in [0.717, 1.165) is 13.2 Å². The zero-order valence-electron chi connectivity index (χ0n) is 23.1. The Morgan fingerprint density at radius 1 is 1.05 bits per heavy atom. The van der Waals surface area contributed by atoms with Crippen molar-refractivity contribution >= 4 is 12.1 Å². The minimum Gasteiger partial charge on any atom is -0.451 e. The van der Waals surface area contributed by atoms with Crippen molar-refractivity contribution in [3.8, 4) is 28.3 Å². The number of aromatic nitrogens is 3. The van der Waals surface area contributed by atoms with Gasteiger partial charge in [0.25, 0.3) is 5.91 Å². The zero-order valence-corrected chi connectivity index (χ0v) is 23.1. The third-order valence-electron chi connectivity index (χ3n) is 7.83. The van der Waals surface area contributed by atoms with Gasteiger partial charge >= 0.3 is 6.16 Å². The van der Waals surface area contributed by atoms with Crippen LogP contribution in [0.2, 0.25) is 0 Å². The standard InChI is InChI=1S/C30H23F2N5O7/c1-41-30(40)44-15-43-28-20(38)8-11-36-27(28)29(39)35-12-13-42-14-21(35)37(36)26-17-5-3-2-4-16(17)24-25(34-10-9-33-24)22-18(26)6-7-19(31)23(22)32/h2-11,21,26H,12-15H2,1H3/t21-,26?/m1/s1. The van der Waals surface area contributed by atoms with Gasteiger partial charge < -0.3 is 23.8 Å². The van der Waals surface area contributed by atoms with E-state index in [1.165, 1.54) is 40.3 Å². The normalized spacial score (nSPS) is 18.2. The van der Waals surface area contributed by atoms with Crippen molar-refractivity contribution in [2.45, 2.75) is 12.2 Å². The maximum absolute atomic E-state index is 15.9. The second kappa shape index (κ2) is 10.7. The van der Waals surface area contributed by atoms with E-state index in [-0.39, 0.29) is 42.5 Å². The SMILES string of the molecule is COC(=O)OCOc1c2n(ccc1=O)N(C1c3ccccc3-c3nccnc3-c3c1ccc(F)c3F)[C@@H]1COCCN1C2=O. The Kier molecular flexibility index (Phi) is 6.69. The van der Waals surface area contributed by atoms with Gasteiger partial charge in [0.2, 0.25) is 18.0 Å². The quantitative estimate of drug-likeness (QED) is 0.254. The summed E-state index contributed by atoms with van der Waals surface area (Å²) < 4.78 is 52.9. The van der Waals surface area contributed by atoms with E-state index >= 15 is 4.39 Å². The van der Waals surface area contributed by atoms with Gasteiger partial charge in [0.1, 0.15) is 6.17 Å². The van der Waals surface area contributed by atoms with E-state index in [2.05, 4.69) is 14.7 Å². The molecule has 2 atom stereocenters. The van der Waals surface area contributed by atoms with E-state index in [0.29, 0.717) is 22.4 Å². The van der Waals surface area contributed by atoms with Gasteiger partial charge in [0.15, 0.2) is 17.3 Å². The Labute approximate surface area is 247 Å². The Balaban J connectivity index is 1.51. The van der Waals surface area contributed by atoms with Crippen LogP contribution in [0.5, 0.6) is 5.75 Å². The lowest BCUT2D eigenvalue weighted by Crippen LogP contribution is -2.66. The van der Waals surface area contributed by atoms with Crippen LogP contribution in [0, 0.1) is 11.6 Å². The fourth-order valence-electron chi connectivity index (χ4n) is 6.01. The molecule has 0 spiro atoms. The fourth-order valence-corrected chi connectivity index (χ4v) is 6.01. The number of hydrogen-bond acceptors (Lipinski definition) is 10. The molecule has 2 aromatic heterocycles. The average Bonchev–Trinajstić information content (AvgIpc) is 3.17. The molecule has 1 amide bonds. The summed E-state index contributed by atoms with van der Waals surface area (Å²) >= 11 is 0. The highest BCUT2D eigenvalue weighted by Crippen LogP contribution is 2.47. The molecule has 7 rings (SSSR count). The summed E-state index contributed by atoms with van der Waals surface area (Å²) in [5, 5.41) is 1.77. The molecular weight excluding hydrogens is 580 g/mol. The number of amides is 1. The number of pyridine rings is 1. The van der Waals surface area contributed by atoms with E-state index in [1.807, 2.05) is 18.2 Å². The van der Waals surface area contributed by atoms with Crippen molar-refractivity contribution in [3.05, 3.63) is 99.7 Å². The molecule has 1 aliphatic carbocycles. The predicted octanol–water partition coefficient (Wildman–Crippen LogP) is 3.22. The lowest BCUT2D eigenvalue weighted by molar-refractivity contribution is -0.0208. The summed E-state index contributed by atoms with van der Waals surface area (Å²) in [4.78, 5) is 49.0. The number of fused-ring (bicyclic) bond motifs is 7. The summed E-state index contributed by atoms with van der Waals surface area (Å²) in [6, 6.07) is 10.1. The van der Waals surface area contributed by atoms with Crippen molar-refractivity contribution in [3.63, 3.8) is 0 Å². The van der Waals surface area contributed by atoms with Gasteiger partial charge in [-0.1, -0.05) is 30.3 Å². The highest BCUT2D eigenvalue weighted by atomic mass is 19.2. The second-order valence-electron chi connectivity index (χ2n) is 10.1. The number of carbonyl (C=O) groups excluding carboxylic acids is 2. The molecule has 1 fully saturated rings. The van der Waals surface area contributed by atoms with Gasteiger partial charge in [0, 0.05) is 42.3 Å². The molecule has 0 saturated carbocycles. The smallest absolute Gasteiger partial charge is 0.451 e. The minimum absolute atomic E-state index is 0.0695. The molecule has 0 radical (unpaired) electrons. The summed E-state index contributed by atoms with van der Waals surface area (Å²) in [5.74, 6) is -3.06. The van der Waals surface area contributed by atoms with E-state index in [9.17, 15) is 18.8 Å². The maximum Gasteiger partial charge on any atom is 0.510 e. The summed E-state index contributed by atoms with van der Waals surface area (Å²) in [6.45, 7) is -0.236. The molecule has 1 unspecified atom stereocenters. The van der Waals surface area contributed by atoms with Crippen LogP contribution in [0.3, 0.4) is 0 Å². The van der Waals surface area contributed by atoms with Gasteiger partial charge in [-0.05, 0) is 17.2 Å². The van der Waals surface area contributed by atoms with Gasteiger partial charge in [0.05, 0.1) is 37.8 Å². The molecule has 0 bridgehead atoms. The monoisotopic (exact) mass is 603 g/mol. The van der Waals surface area contributed by atoms with Crippen LogP contribution in [0.25, 0.3) is 22.5 Å². The number of benzene rings is 2. The number of morpholine rings is 1. The largest absolute Gasteiger partial charge is 0.510 e. The fraction of sp³-hybridized carbons (Fsp3) is 0.233. The number of rotatable bonds is 4. The Morgan fingerprint density at radius 3 is 2.66 bits per heavy atom. The molecule has 2 aromatic carbocycles. The van der Waals surface area contributed by atoms with Gasteiger partial charge in [-0.15, -0.1) is 0 Å². The first-order chi connectivity index (χ1) is 21.4. The number of ether oxygens (including phenoxy) is 4. The van der Waals surface area contributed by atoms with Crippen molar-refractivity contribution in [1.82, 2.24) is 19.5 Å². The van der Waals surface area contributed by atoms with Gasteiger partial charge in [-0.25, -0.2) is 13.6 Å². The summed E-state index contributed by atoms with van der Waals surface area (Å²) in [6.07, 6.45) is 2.51. The molecule has 1 saturated heterocycles. The number of halogens is 2. The van der Waals surface area contributed by atoms with Crippen LogP contribution in [0.1, 0.15) is 27.7 Å². The number of carbonyl (C=O) groups is 2. The first kappa shape index (κ1) is 27.5. The molecule has 0 N–H and O–H groups in total.